The summed E-state index contributed by atoms with van der Waals surface area (Å²) >= 11 is 0. The number of aryl methyl sites for hydroxylation is 1. The fraction of sp³-hybridized carbons (Fsp3) is 0.421. The van der Waals surface area contributed by atoms with Gasteiger partial charge in [-0.05, 0) is 50.5 Å². The first kappa shape index (κ1) is 17.2. The number of carbonyl (C=O) groups excluding carboxylic acids is 2. The Labute approximate surface area is 146 Å². The van der Waals surface area contributed by atoms with E-state index in [2.05, 4.69) is 10.3 Å². The number of amides is 2. The standard InChI is InChI=1S/C19H23N3O3/c1-3-5-17(23)22-9-4-6-16(22)19(25)20-14-7-8-15-13(11-14)10-12(2)18(24)21-15/h7-8,10-11,16H,3-6,9H2,1-2H3,(H,20,25)(H,21,24). The lowest BCUT2D eigenvalue weighted by Crippen LogP contribution is -2.43. The summed E-state index contributed by atoms with van der Waals surface area (Å²) in [5.74, 6) is -0.102. The summed E-state index contributed by atoms with van der Waals surface area (Å²) in [6, 6.07) is 6.78. The molecule has 1 unspecified atom stereocenters. The second kappa shape index (κ2) is 7.09. The topological polar surface area (TPSA) is 82.3 Å². The molecule has 0 saturated carbocycles. The van der Waals surface area contributed by atoms with Gasteiger partial charge in [-0.15, -0.1) is 0 Å². The second-order valence-electron chi connectivity index (χ2n) is 6.57. The maximum Gasteiger partial charge on any atom is 0.251 e. The number of hydrogen-bond acceptors (Lipinski definition) is 3. The first-order chi connectivity index (χ1) is 12.0. The van der Waals surface area contributed by atoms with E-state index in [1.165, 1.54) is 0 Å². The Morgan fingerprint density at radius 3 is 2.88 bits per heavy atom. The van der Waals surface area contributed by atoms with Crippen molar-refractivity contribution in [2.45, 2.75) is 45.6 Å². The number of nitrogens with zero attached hydrogens (tertiary/aromatic N) is 1. The van der Waals surface area contributed by atoms with Gasteiger partial charge in [0.15, 0.2) is 0 Å². The molecule has 1 aliphatic rings. The molecule has 0 radical (unpaired) electrons. The predicted molar refractivity (Wildman–Crippen MR) is 97.6 cm³/mol. The molecule has 1 fully saturated rings. The summed E-state index contributed by atoms with van der Waals surface area (Å²) in [5, 5.41) is 3.77. The number of carbonyl (C=O) groups is 2. The highest BCUT2D eigenvalue weighted by Crippen LogP contribution is 2.22. The molecule has 3 rings (SSSR count). The van der Waals surface area contributed by atoms with E-state index >= 15 is 0 Å². The molecular formula is C19H23N3O3. The van der Waals surface area contributed by atoms with Gasteiger partial charge in [-0.1, -0.05) is 6.92 Å². The van der Waals surface area contributed by atoms with E-state index < -0.39 is 6.04 Å². The summed E-state index contributed by atoms with van der Waals surface area (Å²) < 4.78 is 0. The lowest BCUT2D eigenvalue weighted by molar-refractivity contribution is -0.136. The van der Waals surface area contributed by atoms with Crippen molar-refractivity contribution in [3.05, 3.63) is 40.2 Å². The highest BCUT2D eigenvalue weighted by molar-refractivity contribution is 5.99. The molecule has 6 heteroatoms. The largest absolute Gasteiger partial charge is 0.331 e. The van der Waals surface area contributed by atoms with Gasteiger partial charge in [-0.25, -0.2) is 0 Å². The zero-order valence-electron chi connectivity index (χ0n) is 14.6. The monoisotopic (exact) mass is 341 g/mol. The van der Waals surface area contributed by atoms with E-state index in [1.807, 2.05) is 13.0 Å². The summed E-state index contributed by atoms with van der Waals surface area (Å²) in [6.45, 7) is 4.36. The number of nitrogens with one attached hydrogen (secondary N) is 2. The van der Waals surface area contributed by atoms with E-state index in [-0.39, 0.29) is 17.4 Å². The molecule has 1 aromatic carbocycles. The number of benzene rings is 1. The zero-order valence-corrected chi connectivity index (χ0v) is 14.6. The van der Waals surface area contributed by atoms with Crippen LogP contribution >= 0.6 is 0 Å². The third-order valence-corrected chi connectivity index (χ3v) is 4.64. The predicted octanol–water partition coefficient (Wildman–Crippen LogP) is 2.57. The number of aromatic nitrogens is 1. The highest BCUT2D eigenvalue weighted by atomic mass is 16.2. The average Bonchev–Trinajstić information content (AvgIpc) is 3.06. The number of pyridine rings is 1. The number of likely N-dealkylation sites (tertiary alicyclic amines) is 1. The Morgan fingerprint density at radius 2 is 2.12 bits per heavy atom. The van der Waals surface area contributed by atoms with Gasteiger partial charge in [0.2, 0.25) is 11.8 Å². The maximum absolute atomic E-state index is 12.6. The van der Waals surface area contributed by atoms with Crippen LogP contribution in [-0.2, 0) is 9.59 Å². The van der Waals surface area contributed by atoms with Crippen LogP contribution in [0.4, 0.5) is 5.69 Å². The summed E-state index contributed by atoms with van der Waals surface area (Å²) in [7, 11) is 0. The molecule has 2 N–H and O–H groups in total. The van der Waals surface area contributed by atoms with Crippen molar-refractivity contribution in [2.24, 2.45) is 0 Å². The van der Waals surface area contributed by atoms with Crippen LogP contribution in [0.25, 0.3) is 10.9 Å². The molecule has 132 valence electrons. The number of H-pyrrole nitrogens is 1. The van der Waals surface area contributed by atoms with Crippen molar-refractivity contribution in [1.29, 1.82) is 0 Å². The van der Waals surface area contributed by atoms with Crippen molar-refractivity contribution >= 4 is 28.4 Å². The van der Waals surface area contributed by atoms with E-state index in [4.69, 9.17) is 0 Å². The first-order valence-electron chi connectivity index (χ1n) is 8.73. The van der Waals surface area contributed by atoms with Gasteiger partial charge in [-0.3, -0.25) is 14.4 Å². The molecule has 2 aromatic rings. The van der Waals surface area contributed by atoms with Crippen LogP contribution in [0.5, 0.6) is 0 Å². The average molecular weight is 341 g/mol. The molecule has 1 atom stereocenters. The lowest BCUT2D eigenvalue weighted by Gasteiger charge is -2.24. The first-order valence-corrected chi connectivity index (χ1v) is 8.73. The quantitative estimate of drug-likeness (QED) is 0.896. The molecule has 0 bridgehead atoms. The SMILES string of the molecule is CCCC(=O)N1CCCC1C(=O)Nc1ccc2[nH]c(=O)c(C)cc2c1. The van der Waals surface area contributed by atoms with Crippen molar-refractivity contribution < 1.29 is 9.59 Å². The second-order valence-corrected chi connectivity index (χ2v) is 6.57. The van der Waals surface area contributed by atoms with Crippen molar-refractivity contribution in [2.75, 3.05) is 11.9 Å². The van der Waals surface area contributed by atoms with E-state index in [0.717, 1.165) is 23.7 Å². The van der Waals surface area contributed by atoms with E-state index in [1.54, 1.807) is 30.0 Å². The number of anilines is 1. The van der Waals surface area contributed by atoms with Crippen LogP contribution < -0.4 is 10.9 Å². The van der Waals surface area contributed by atoms with Crippen LogP contribution in [0, 0.1) is 6.92 Å². The molecule has 1 aromatic heterocycles. The van der Waals surface area contributed by atoms with Gasteiger partial charge in [0.25, 0.3) is 5.56 Å². The van der Waals surface area contributed by atoms with Crippen LogP contribution in [0.1, 0.15) is 38.2 Å². The molecule has 2 amide bonds. The van der Waals surface area contributed by atoms with Crippen LogP contribution in [0.3, 0.4) is 0 Å². The third-order valence-electron chi connectivity index (χ3n) is 4.64. The number of hydrogen-bond donors (Lipinski definition) is 2. The van der Waals surface area contributed by atoms with Crippen molar-refractivity contribution in [3.63, 3.8) is 0 Å². The third kappa shape index (κ3) is 3.57. The van der Waals surface area contributed by atoms with Gasteiger partial charge in [0.05, 0.1) is 0 Å². The fourth-order valence-corrected chi connectivity index (χ4v) is 3.31. The van der Waals surface area contributed by atoms with Gasteiger partial charge in [0, 0.05) is 35.1 Å². The summed E-state index contributed by atoms with van der Waals surface area (Å²) in [5.41, 5.74) is 1.91. The number of rotatable bonds is 4. The van der Waals surface area contributed by atoms with Gasteiger partial charge in [0.1, 0.15) is 6.04 Å². The molecule has 2 heterocycles. The molecule has 0 aliphatic carbocycles. The lowest BCUT2D eigenvalue weighted by atomic mass is 10.1. The zero-order chi connectivity index (χ0) is 18.0. The Hall–Kier alpha value is -2.63. The van der Waals surface area contributed by atoms with Crippen molar-refractivity contribution in [1.82, 2.24) is 9.88 Å². The molecule has 1 aliphatic heterocycles. The van der Waals surface area contributed by atoms with Crippen LogP contribution in [0.2, 0.25) is 0 Å². The minimum atomic E-state index is -0.396. The van der Waals surface area contributed by atoms with Gasteiger partial charge in [-0.2, -0.15) is 0 Å². The Morgan fingerprint density at radius 1 is 1.32 bits per heavy atom. The van der Waals surface area contributed by atoms with Gasteiger partial charge < -0.3 is 15.2 Å². The van der Waals surface area contributed by atoms with Gasteiger partial charge >= 0.3 is 0 Å². The summed E-state index contributed by atoms with van der Waals surface area (Å²) in [4.78, 5) is 41.0. The molecular weight excluding hydrogens is 318 g/mol. The Kier molecular flexibility index (Phi) is 4.88. The molecule has 1 saturated heterocycles. The normalized spacial score (nSPS) is 17.0. The maximum atomic E-state index is 12.6. The Balaban J connectivity index is 1.78. The Bertz CT molecular complexity index is 872. The highest BCUT2D eigenvalue weighted by Gasteiger charge is 2.33. The molecule has 0 spiro atoms. The fourth-order valence-electron chi connectivity index (χ4n) is 3.31. The van der Waals surface area contributed by atoms with E-state index in [9.17, 15) is 14.4 Å². The minimum Gasteiger partial charge on any atom is -0.331 e. The van der Waals surface area contributed by atoms with E-state index in [0.29, 0.717) is 30.6 Å². The van der Waals surface area contributed by atoms with Crippen molar-refractivity contribution in [3.8, 4) is 0 Å². The number of fused-ring (bicyclic) bond motifs is 1. The minimum absolute atomic E-state index is 0.0480. The number of aromatic amines is 1. The van der Waals surface area contributed by atoms with Crippen LogP contribution in [-0.4, -0.2) is 34.3 Å². The smallest absolute Gasteiger partial charge is 0.251 e. The van der Waals surface area contributed by atoms with Crippen LogP contribution in [0.15, 0.2) is 29.1 Å². The summed E-state index contributed by atoms with van der Waals surface area (Å²) in [6.07, 6.45) is 2.81. The molecule has 6 nitrogen and oxygen atoms in total. The molecule has 25 heavy (non-hydrogen) atoms.